The zero-order valence-corrected chi connectivity index (χ0v) is 30.7. The van der Waals surface area contributed by atoms with Gasteiger partial charge in [-0.3, -0.25) is 0 Å². The summed E-state index contributed by atoms with van der Waals surface area (Å²) in [7, 11) is 0. The van der Waals surface area contributed by atoms with Crippen LogP contribution in [0.1, 0.15) is 49.9 Å². The summed E-state index contributed by atoms with van der Waals surface area (Å²) >= 11 is 0. The van der Waals surface area contributed by atoms with E-state index in [1.54, 1.807) is 0 Å². The van der Waals surface area contributed by atoms with Crippen LogP contribution in [0, 0.1) is 0 Å². The summed E-state index contributed by atoms with van der Waals surface area (Å²) in [5.74, 6) is 0. The van der Waals surface area contributed by atoms with Crippen molar-refractivity contribution in [3.63, 3.8) is 0 Å². The van der Waals surface area contributed by atoms with Gasteiger partial charge in [-0.05, 0) is 108 Å². The molecule has 2 aliphatic carbocycles. The molecule has 53 heavy (non-hydrogen) atoms. The average molecular weight is 680 g/mol. The first-order valence-corrected chi connectivity index (χ1v) is 18.8. The number of hydrogen-bond acceptors (Lipinski definition) is 1. The van der Waals surface area contributed by atoms with Gasteiger partial charge in [0.05, 0.1) is 5.69 Å². The molecular formula is C52H41N. The van der Waals surface area contributed by atoms with Crippen molar-refractivity contribution in [2.24, 2.45) is 0 Å². The van der Waals surface area contributed by atoms with Crippen molar-refractivity contribution < 1.29 is 0 Å². The Balaban J connectivity index is 1.26. The maximum atomic E-state index is 2.48. The fourth-order valence-corrected chi connectivity index (χ4v) is 9.41. The normalized spacial score (nSPS) is 14.3. The third-order valence-corrected chi connectivity index (χ3v) is 12.1. The summed E-state index contributed by atoms with van der Waals surface area (Å²) < 4.78 is 0. The number of nitrogens with zero attached hydrogens (tertiary/aromatic N) is 1. The SMILES string of the molecule is CC1(C)c2ccccc2-c2ccc(-c3c(-c4cccc5ccccc45)cccc3N(c3ccccc3)c3ccc4c(c3)C(C)(C)c3ccccc3-4)cc21. The molecule has 0 radical (unpaired) electrons. The molecule has 8 aromatic carbocycles. The van der Waals surface area contributed by atoms with Crippen LogP contribution in [0.15, 0.2) is 176 Å². The molecule has 254 valence electrons. The Bertz CT molecular complexity index is 2730. The van der Waals surface area contributed by atoms with Crippen LogP contribution in [0.25, 0.3) is 55.3 Å². The predicted octanol–water partition coefficient (Wildman–Crippen LogP) is 14.3. The first-order chi connectivity index (χ1) is 25.8. The van der Waals surface area contributed by atoms with Crippen LogP contribution in [-0.2, 0) is 10.8 Å². The maximum Gasteiger partial charge on any atom is 0.0546 e. The highest BCUT2D eigenvalue weighted by Gasteiger charge is 2.37. The molecule has 0 bridgehead atoms. The largest absolute Gasteiger partial charge is 0.310 e. The molecule has 0 saturated carbocycles. The van der Waals surface area contributed by atoms with Crippen molar-refractivity contribution in [2.45, 2.75) is 38.5 Å². The van der Waals surface area contributed by atoms with Crippen LogP contribution in [-0.4, -0.2) is 0 Å². The van der Waals surface area contributed by atoms with E-state index in [0.717, 1.165) is 17.1 Å². The second-order valence-corrected chi connectivity index (χ2v) is 15.7. The summed E-state index contributed by atoms with van der Waals surface area (Å²) in [6, 6.07) is 65.4. The molecule has 0 amide bonds. The van der Waals surface area contributed by atoms with Gasteiger partial charge >= 0.3 is 0 Å². The van der Waals surface area contributed by atoms with Crippen molar-refractivity contribution in [3.05, 3.63) is 198 Å². The highest BCUT2D eigenvalue weighted by molar-refractivity contribution is 6.05. The van der Waals surface area contributed by atoms with Crippen molar-refractivity contribution in [2.75, 3.05) is 4.90 Å². The van der Waals surface area contributed by atoms with Gasteiger partial charge in [0.25, 0.3) is 0 Å². The molecule has 2 aliphatic rings. The van der Waals surface area contributed by atoms with Gasteiger partial charge in [-0.2, -0.15) is 0 Å². The van der Waals surface area contributed by atoms with E-state index < -0.39 is 0 Å². The van der Waals surface area contributed by atoms with E-state index in [1.807, 2.05) is 0 Å². The van der Waals surface area contributed by atoms with Gasteiger partial charge in [-0.1, -0.05) is 167 Å². The Morgan fingerprint density at radius 1 is 0.358 bits per heavy atom. The lowest BCUT2D eigenvalue weighted by Crippen LogP contribution is -2.17. The van der Waals surface area contributed by atoms with Crippen LogP contribution >= 0.6 is 0 Å². The van der Waals surface area contributed by atoms with E-state index in [1.165, 1.54) is 77.5 Å². The van der Waals surface area contributed by atoms with Crippen molar-refractivity contribution in [1.29, 1.82) is 0 Å². The monoisotopic (exact) mass is 679 g/mol. The molecule has 0 aromatic heterocycles. The minimum absolute atomic E-state index is 0.113. The minimum Gasteiger partial charge on any atom is -0.310 e. The first-order valence-electron chi connectivity index (χ1n) is 18.8. The lowest BCUT2D eigenvalue weighted by molar-refractivity contribution is 0.660. The lowest BCUT2D eigenvalue weighted by atomic mass is 9.81. The highest BCUT2D eigenvalue weighted by Crippen LogP contribution is 2.54. The predicted molar refractivity (Wildman–Crippen MR) is 225 cm³/mol. The molecule has 0 spiro atoms. The van der Waals surface area contributed by atoms with Gasteiger partial charge in [0, 0.05) is 27.8 Å². The third kappa shape index (κ3) is 4.70. The second-order valence-electron chi connectivity index (χ2n) is 15.7. The van der Waals surface area contributed by atoms with E-state index in [-0.39, 0.29) is 10.8 Å². The van der Waals surface area contributed by atoms with Crippen LogP contribution in [0.3, 0.4) is 0 Å². The number of hydrogen-bond donors (Lipinski definition) is 0. The van der Waals surface area contributed by atoms with Crippen LogP contribution in [0.5, 0.6) is 0 Å². The average Bonchev–Trinajstić information content (AvgIpc) is 3.57. The summed E-state index contributed by atoms with van der Waals surface area (Å²) in [5.41, 5.74) is 19.0. The van der Waals surface area contributed by atoms with E-state index >= 15 is 0 Å². The van der Waals surface area contributed by atoms with E-state index in [9.17, 15) is 0 Å². The van der Waals surface area contributed by atoms with Crippen molar-refractivity contribution in [3.8, 4) is 44.5 Å². The van der Waals surface area contributed by atoms with Crippen LogP contribution < -0.4 is 4.90 Å². The van der Waals surface area contributed by atoms with Gasteiger partial charge in [-0.15, -0.1) is 0 Å². The number of fused-ring (bicyclic) bond motifs is 7. The van der Waals surface area contributed by atoms with Gasteiger partial charge in [0.15, 0.2) is 0 Å². The minimum atomic E-state index is -0.115. The fourth-order valence-electron chi connectivity index (χ4n) is 9.41. The Kier molecular flexibility index (Phi) is 6.94. The molecule has 0 N–H and O–H groups in total. The van der Waals surface area contributed by atoms with Gasteiger partial charge in [-0.25, -0.2) is 0 Å². The Hall–Kier alpha value is -6.18. The molecule has 1 nitrogen and oxygen atoms in total. The fraction of sp³-hybridized carbons (Fsp3) is 0.115. The molecule has 0 aliphatic heterocycles. The van der Waals surface area contributed by atoms with Gasteiger partial charge in [0.2, 0.25) is 0 Å². The van der Waals surface area contributed by atoms with E-state index in [0.29, 0.717) is 0 Å². The molecule has 10 rings (SSSR count). The molecule has 0 unspecified atom stereocenters. The highest BCUT2D eigenvalue weighted by atomic mass is 15.1. The molecule has 0 saturated heterocycles. The van der Waals surface area contributed by atoms with Gasteiger partial charge in [0.1, 0.15) is 0 Å². The van der Waals surface area contributed by atoms with Gasteiger partial charge < -0.3 is 4.90 Å². The number of para-hydroxylation sites is 1. The maximum absolute atomic E-state index is 2.48. The summed E-state index contributed by atoms with van der Waals surface area (Å²) in [6.45, 7) is 9.48. The zero-order chi connectivity index (χ0) is 35.9. The number of anilines is 3. The molecular weight excluding hydrogens is 639 g/mol. The van der Waals surface area contributed by atoms with E-state index in [2.05, 4.69) is 209 Å². The Morgan fingerprint density at radius 2 is 0.887 bits per heavy atom. The van der Waals surface area contributed by atoms with E-state index in [4.69, 9.17) is 0 Å². The summed E-state index contributed by atoms with van der Waals surface area (Å²) in [4.78, 5) is 2.48. The molecule has 1 heteroatoms. The van der Waals surface area contributed by atoms with Crippen LogP contribution in [0.2, 0.25) is 0 Å². The Labute approximate surface area is 312 Å². The summed E-state index contributed by atoms with van der Waals surface area (Å²) in [5, 5.41) is 2.50. The van der Waals surface area contributed by atoms with Crippen molar-refractivity contribution in [1.82, 2.24) is 0 Å². The lowest BCUT2D eigenvalue weighted by Gasteiger charge is -2.31. The smallest absolute Gasteiger partial charge is 0.0546 e. The third-order valence-electron chi connectivity index (χ3n) is 12.1. The topological polar surface area (TPSA) is 3.24 Å². The quantitative estimate of drug-likeness (QED) is 0.175. The first kappa shape index (κ1) is 31.5. The standard InChI is InChI=1S/C52H41N/c1-51(2)45-25-12-10-21-40(45)42-30-28-35(32-47(42)51)50-44(39-23-14-17-34-16-8-9-20-38(34)39)24-15-27-49(50)53(36-18-6-5-7-19-36)37-29-31-43-41-22-11-13-26-46(41)52(3,4)48(43)33-37/h5-33H,1-4H3. The second kappa shape index (κ2) is 11.7. The molecule has 0 atom stereocenters. The number of rotatable bonds is 5. The number of benzene rings is 8. The zero-order valence-electron chi connectivity index (χ0n) is 30.7. The molecule has 0 fully saturated rings. The van der Waals surface area contributed by atoms with Crippen molar-refractivity contribution >= 4 is 27.8 Å². The molecule has 8 aromatic rings. The molecule has 0 heterocycles. The summed E-state index contributed by atoms with van der Waals surface area (Å²) in [6.07, 6.45) is 0. The van der Waals surface area contributed by atoms with Crippen LogP contribution in [0.4, 0.5) is 17.1 Å². The Morgan fingerprint density at radius 3 is 1.62 bits per heavy atom.